The van der Waals surface area contributed by atoms with Crippen molar-refractivity contribution in [3.63, 3.8) is 0 Å². The van der Waals surface area contributed by atoms with Gasteiger partial charge in [0.2, 0.25) is 0 Å². The molecule has 28 heavy (non-hydrogen) atoms. The van der Waals surface area contributed by atoms with Crippen molar-refractivity contribution in [1.29, 1.82) is 0 Å². The molecule has 3 aromatic rings. The number of hydrogen-bond acceptors (Lipinski definition) is 3. The standard InChI is InChI=1S/C20H20F3N5/c1-2-11-28-17(26-16-8-5-9-24-19(16)28)13-27-12-10-25-18(27)14-6-3-4-7-15(14)20(21,22)23/h3-6,8-10,12,15H,2,7,11,13H2,1H3. The van der Waals surface area contributed by atoms with Crippen LogP contribution in [0.2, 0.25) is 0 Å². The molecule has 0 aromatic carbocycles. The van der Waals surface area contributed by atoms with E-state index in [1.54, 1.807) is 29.1 Å². The summed E-state index contributed by atoms with van der Waals surface area (Å²) in [5.74, 6) is -0.463. The van der Waals surface area contributed by atoms with Gasteiger partial charge in [0, 0.05) is 30.7 Å². The number of pyridine rings is 1. The zero-order valence-corrected chi connectivity index (χ0v) is 15.4. The molecule has 0 saturated heterocycles. The highest BCUT2D eigenvalue weighted by Crippen LogP contribution is 2.40. The molecule has 1 aliphatic rings. The summed E-state index contributed by atoms with van der Waals surface area (Å²) in [7, 11) is 0. The molecular formula is C20H20F3N5. The highest BCUT2D eigenvalue weighted by Gasteiger charge is 2.43. The van der Waals surface area contributed by atoms with Crippen LogP contribution in [0.15, 0.2) is 49.0 Å². The number of rotatable bonds is 5. The molecule has 0 aliphatic heterocycles. The van der Waals surface area contributed by atoms with E-state index in [1.807, 2.05) is 16.7 Å². The van der Waals surface area contributed by atoms with Gasteiger partial charge in [-0.1, -0.05) is 25.2 Å². The highest BCUT2D eigenvalue weighted by molar-refractivity contribution is 5.71. The van der Waals surface area contributed by atoms with Crippen molar-refractivity contribution in [2.75, 3.05) is 0 Å². The molecule has 3 heterocycles. The quantitative estimate of drug-likeness (QED) is 0.642. The first-order valence-corrected chi connectivity index (χ1v) is 9.24. The van der Waals surface area contributed by atoms with Crippen LogP contribution in [-0.4, -0.2) is 30.3 Å². The summed E-state index contributed by atoms with van der Waals surface area (Å²) in [5, 5.41) is 0. The van der Waals surface area contributed by atoms with Crippen molar-refractivity contribution >= 4 is 16.7 Å². The Morgan fingerprint density at radius 3 is 2.86 bits per heavy atom. The van der Waals surface area contributed by atoms with Crippen LogP contribution in [0, 0.1) is 5.92 Å². The van der Waals surface area contributed by atoms with Gasteiger partial charge in [-0.25, -0.2) is 15.0 Å². The van der Waals surface area contributed by atoms with Crippen molar-refractivity contribution < 1.29 is 13.2 Å². The minimum absolute atomic E-state index is 0.0690. The van der Waals surface area contributed by atoms with Gasteiger partial charge in [0.15, 0.2) is 5.65 Å². The minimum atomic E-state index is -4.31. The van der Waals surface area contributed by atoms with Gasteiger partial charge in [0.05, 0.1) is 12.5 Å². The average molecular weight is 387 g/mol. The van der Waals surface area contributed by atoms with Gasteiger partial charge in [-0.15, -0.1) is 0 Å². The number of halogens is 3. The summed E-state index contributed by atoms with van der Waals surface area (Å²) in [6, 6.07) is 3.71. The van der Waals surface area contributed by atoms with E-state index in [2.05, 4.69) is 21.9 Å². The van der Waals surface area contributed by atoms with Crippen LogP contribution in [0.3, 0.4) is 0 Å². The first-order chi connectivity index (χ1) is 13.5. The largest absolute Gasteiger partial charge is 0.396 e. The molecule has 1 atom stereocenters. The molecule has 0 radical (unpaired) electrons. The second-order valence-electron chi connectivity index (χ2n) is 6.78. The van der Waals surface area contributed by atoms with Gasteiger partial charge < -0.3 is 9.13 Å². The molecule has 5 nitrogen and oxygen atoms in total. The molecule has 0 fully saturated rings. The lowest BCUT2D eigenvalue weighted by molar-refractivity contribution is -0.157. The maximum absolute atomic E-state index is 13.5. The Kier molecular flexibility index (Phi) is 4.78. The monoisotopic (exact) mass is 387 g/mol. The fourth-order valence-corrected chi connectivity index (χ4v) is 3.60. The van der Waals surface area contributed by atoms with Crippen molar-refractivity contribution in [1.82, 2.24) is 24.1 Å². The number of nitrogens with zero attached hydrogens (tertiary/aromatic N) is 5. The summed E-state index contributed by atoms with van der Waals surface area (Å²) in [6.07, 6.45) is 6.18. The smallest absolute Gasteiger partial charge is 0.324 e. The number of aryl methyl sites for hydroxylation is 1. The van der Waals surface area contributed by atoms with Crippen LogP contribution in [0.5, 0.6) is 0 Å². The lowest BCUT2D eigenvalue weighted by Crippen LogP contribution is -2.26. The molecule has 1 aliphatic carbocycles. The first kappa shape index (κ1) is 18.5. The third kappa shape index (κ3) is 3.34. The highest BCUT2D eigenvalue weighted by atomic mass is 19.4. The predicted molar refractivity (Wildman–Crippen MR) is 100 cm³/mol. The van der Waals surface area contributed by atoms with E-state index < -0.39 is 12.1 Å². The Hall–Kier alpha value is -2.90. The topological polar surface area (TPSA) is 48.5 Å². The zero-order chi connectivity index (χ0) is 19.7. The third-order valence-electron chi connectivity index (χ3n) is 4.87. The molecule has 0 bridgehead atoms. The van der Waals surface area contributed by atoms with Crippen LogP contribution in [0.4, 0.5) is 13.2 Å². The molecule has 1 unspecified atom stereocenters. The van der Waals surface area contributed by atoms with Crippen LogP contribution in [0.1, 0.15) is 31.4 Å². The van der Waals surface area contributed by atoms with Crippen LogP contribution in [-0.2, 0) is 13.1 Å². The van der Waals surface area contributed by atoms with Gasteiger partial charge >= 0.3 is 6.18 Å². The summed E-state index contributed by atoms with van der Waals surface area (Å²) in [5.41, 5.74) is 1.76. The van der Waals surface area contributed by atoms with E-state index in [0.717, 1.165) is 30.0 Å². The maximum Gasteiger partial charge on any atom is 0.396 e. The van der Waals surface area contributed by atoms with Crippen LogP contribution in [0.25, 0.3) is 16.7 Å². The van der Waals surface area contributed by atoms with Crippen molar-refractivity contribution in [2.24, 2.45) is 5.92 Å². The van der Waals surface area contributed by atoms with Crippen LogP contribution < -0.4 is 0 Å². The molecule has 8 heteroatoms. The molecule has 0 spiro atoms. The summed E-state index contributed by atoms with van der Waals surface area (Å²) in [4.78, 5) is 13.3. The molecule has 146 valence electrons. The number of fused-ring (bicyclic) bond motifs is 1. The minimum Gasteiger partial charge on any atom is -0.324 e. The predicted octanol–water partition coefficient (Wildman–Crippen LogP) is 4.61. The van der Waals surface area contributed by atoms with E-state index >= 15 is 0 Å². The fraction of sp³-hybridized carbons (Fsp3) is 0.350. The SMILES string of the molecule is CCCn1c(Cn2ccnc2C2=CC=CCC2C(F)(F)F)nc2cccnc21. The zero-order valence-electron chi connectivity index (χ0n) is 15.4. The Balaban J connectivity index is 1.73. The number of aromatic nitrogens is 5. The second kappa shape index (κ2) is 7.26. The number of hydrogen-bond donors (Lipinski definition) is 0. The van der Waals surface area contributed by atoms with Crippen molar-refractivity contribution in [3.8, 4) is 0 Å². The molecule has 0 amide bonds. The molecule has 0 N–H and O–H groups in total. The molecule has 3 aromatic heterocycles. The van der Waals surface area contributed by atoms with Gasteiger partial charge in [-0.3, -0.25) is 0 Å². The molecular weight excluding hydrogens is 367 g/mol. The Labute approximate surface area is 160 Å². The fourth-order valence-electron chi connectivity index (χ4n) is 3.60. The van der Waals surface area contributed by atoms with Gasteiger partial charge in [0.1, 0.15) is 17.2 Å². The van der Waals surface area contributed by atoms with E-state index in [1.165, 1.54) is 12.3 Å². The molecule has 4 rings (SSSR count). The summed E-state index contributed by atoms with van der Waals surface area (Å²) < 4.78 is 44.3. The lowest BCUT2D eigenvalue weighted by atomic mass is 9.90. The second-order valence-corrected chi connectivity index (χ2v) is 6.78. The van der Waals surface area contributed by atoms with E-state index in [-0.39, 0.29) is 12.0 Å². The Morgan fingerprint density at radius 2 is 2.07 bits per heavy atom. The van der Waals surface area contributed by atoms with Crippen LogP contribution >= 0.6 is 0 Å². The maximum atomic E-state index is 13.5. The van der Waals surface area contributed by atoms with Crippen molar-refractivity contribution in [2.45, 2.75) is 39.0 Å². The van der Waals surface area contributed by atoms with Gasteiger partial charge in [0.25, 0.3) is 0 Å². The summed E-state index contributed by atoms with van der Waals surface area (Å²) >= 11 is 0. The van der Waals surface area contributed by atoms with Gasteiger partial charge in [-0.2, -0.15) is 13.2 Å². The Morgan fingerprint density at radius 1 is 1.21 bits per heavy atom. The normalized spacial score (nSPS) is 17.3. The van der Waals surface area contributed by atoms with E-state index in [4.69, 9.17) is 0 Å². The summed E-state index contributed by atoms with van der Waals surface area (Å²) in [6.45, 7) is 3.13. The van der Waals surface area contributed by atoms with E-state index in [0.29, 0.717) is 12.4 Å². The van der Waals surface area contributed by atoms with Crippen molar-refractivity contribution in [3.05, 3.63) is 60.6 Å². The number of imidazole rings is 2. The lowest BCUT2D eigenvalue weighted by Gasteiger charge is -2.24. The van der Waals surface area contributed by atoms with E-state index in [9.17, 15) is 13.2 Å². The number of alkyl halides is 3. The first-order valence-electron chi connectivity index (χ1n) is 9.24. The number of allylic oxidation sites excluding steroid dienone is 4. The Bertz CT molecular complexity index is 1040. The third-order valence-corrected chi connectivity index (χ3v) is 4.87. The molecule has 0 saturated carbocycles. The average Bonchev–Trinajstić information content (AvgIpc) is 3.27. The van der Waals surface area contributed by atoms with Gasteiger partial charge in [-0.05, 0) is 25.0 Å².